The van der Waals surface area contributed by atoms with Crippen molar-refractivity contribution in [1.29, 1.82) is 0 Å². The van der Waals surface area contributed by atoms with Gasteiger partial charge in [0.15, 0.2) is 18.1 Å². The molecule has 0 atom stereocenters. The Labute approximate surface area is 140 Å². The van der Waals surface area contributed by atoms with E-state index in [1.54, 1.807) is 24.3 Å². The average molecular weight is 326 g/mol. The van der Waals surface area contributed by atoms with Crippen LogP contribution >= 0.6 is 0 Å². The lowest BCUT2D eigenvalue weighted by Crippen LogP contribution is -2.17. The number of fused-ring (bicyclic) bond motifs is 1. The van der Waals surface area contributed by atoms with Crippen molar-refractivity contribution in [2.75, 3.05) is 19.8 Å². The van der Waals surface area contributed by atoms with Crippen molar-refractivity contribution in [3.05, 3.63) is 58.7 Å². The Morgan fingerprint density at radius 3 is 2.54 bits per heavy atom. The molecule has 0 spiro atoms. The second-order valence-corrected chi connectivity index (χ2v) is 5.68. The number of hydrogen-bond donors (Lipinski definition) is 0. The molecular weight excluding hydrogens is 308 g/mol. The second-order valence-electron chi connectivity index (χ2n) is 5.68. The van der Waals surface area contributed by atoms with Crippen molar-refractivity contribution in [1.82, 2.24) is 0 Å². The number of carbonyl (C=O) groups is 2. The smallest absolute Gasteiger partial charge is 0.338 e. The van der Waals surface area contributed by atoms with E-state index in [4.69, 9.17) is 14.2 Å². The Hall–Kier alpha value is -2.82. The zero-order valence-corrected chi connectivity index (χ0v) is 13.6. The highest BCUT2D eigenvalue weighted by molar-refractivity contribution is 6.00. The summed E-state index contributed by atoms with van der Waals surface area (Å²) in [6.07, 6.45) is 0. The molecule has 0 saturated carbocycles. The van der Waals surface area contributed by atoms with Gasteiger partial charge in [0, 0.05) is 5.56 Å². The highest BCUT2D eigenvalue weighted by Crippen LogP contribution is 2.30. The van der Waals surface area contributed by atoms with Gasteiger partial charge in [-0.3, -0.25) is 4.79 Å². The van der Waals surface area contributed by atoms with E-state index < -0.39 is 5.97 Å². The van der Waals surface area contributed by atoms with Gasteiger partial charge >= 0.3 is 5.97 Å². The van der Waals surface area contributed by atoms with Crippen molar-refractivity contribution < 1.29 is 23.8 Å². The Bertz CT molecular complexity index is 794. The summed E-state index contributed by atoms with van der Waals surface area (Å²) in [6.45, 7) is 4.40. The summed E-state index contributed by atoms with van der Waals surface area (Å²) >= 11 is 0. The Morgan fingerprint density at radius 1 is 1.00 bits per heavy atom. The minimum Gasteiger partial charge on any atom is -0.486 e. The van der Waals surface area contributed by atoms with Gasteiger partial charge < -0.3 is 14.2 Å². The van der Waals surface area contributed by atoms with Crippen LogP contribution in [0.15, 0.2) is 36.4 Å². The Balaban J connectivity index is 1.67. The zero-order valence-electron chi connectivity index (χ0n) is 13.6. The van der Waals surface area contributed by atoms with E-state index in [-0.39, 0.29) is 12.4 Å². The summed E-state index contributed by atoms with van der Waals surface area (Å²) in [6, 6.07) is 10.4. The molecule has 3 rings (SSSR count). The molecule has 0 aromatic heterocycles. The van der Waals surface area contributed by atoms with Gasteiger partial charge in [-0.05, 0) is 43.7 Å². The molecule has 0 aliphatic carbocycles. The summed E-state index contributed by atoms with van der Waals surface area (Å²) in [5.74, 6) is 0.327. The number of benzene rings is 2. The molecule has 124 valence electrons. The molecule has 0 amide bonds. The summed E-state index contributed by atoms with van der Waals surface area (Å²) < 4.78 is 16.0. The topological polar surface area (TPSA) is 61.8 Å². The quantitative estimate of drug-likeness (QED) is 0.638. The minimum absolute atomic E-state index is 0.220. The zero-order chi connectivity index (χ0) is 17.1. The van der Waals surface area contributed by atoms with Gasteiger partial charge in [-0.25, -0.2) is 4.79 Å². The van der Waals surface area contributed by atoms with E-state index in [1.807, 2.05) is 26.0 Å². The fourth-order valence-corrected chi connectivity index (χ4v) is 2.50. The molecule has 2 aromatic rings. The van der Waals surface area contributed by atoms with Gasteiger partial charge in [-0.2, -0.15) is 0 Å². The normalized spacial score (nSPS) is 12.6. The number of hydrogen-bond acceptors (Lipinski definition) is 5. The van der Waals surface area contributed by atoms with Crippen molar-refractivity contribution >= 4 is 11.8 Å². The molecule has 0 saturated heterocycles. The molecule has 5 heteroatoms. The number of esters is 1. The van der Waals surface area contributed by atoms with E-state index in [0.29, 0.717) is 35.8 Å². The van der Waals surface area contributed by atoms with Crippen LogP contribution < -0.4 is 9.47 Å². The lowest BCUT2D eigenvalue weighted by molar-refractivity contribution is 0.0473. The highest BCUT2D eigenvalue weighted by Gasteiger charge is 2.17. The molecule has 0 unspecified atom stereocenters. The number of ketones is 1. The van der Waals surface area contributed by atoms with E-state index in [2.05, 4.69) is 0 Å². The third kappa shape index (κ3) is 3.40. The number of carbonyl (C=O) groups excluding carboxylic acids is 2. The molecule has 1 aliphatic rings. The van der Waals surface area contributed by atoms with Crippen LogP contribution in [0, 0.1) is 13.8 Å². The Kier molecular flexibility index (Phi) is 4.51. The van der Waals surface area contributed by atoms with Crippen LogP contribution in [-0.4, -0.2) is 31.6 Å². The van der Waals surface area contributed by atoms with Crippen LogP contribution in [0.25, 0.3) is 0 Å². The SMILES string of the molecule is Cc1ccc(C)c(C(=O)COC(=O)c2ccc3c(c2)OCCO3)c1. The molecule has 0 radical (unpaired) electrons. The fourth-order valence-electron chi connectivity index (χ4n) is 2.50. The lowest BCUT2D eigenvalue weighted by Gasteiger charge is -2.18. The molecule has 1 heterocycles. The summed E-state index contributed by atoms with van der Waals surface area (Å²) in [5, 5.41) is 0. The number of ether oxygens (including phenoxy) is 3. The molecule has 0 bridgehead atoms. The summed E-state index contributed by atoms with van der Waals surface area (Å²) in [7, 11) is 0. The first-order valence-electron chi connectivity index (χ1n) is 7.72. The molecule has 24 heavy (non-hydrogen) atoms. The van der Waals surface area contributed by atoms with Gasteiger partial charge in [0.1, 0.15) is 13.2 Å². The van der Waals surface area contributed by atoms with Gasteiger partial charge in [0.05, 0.1) is 5.56 Å². The minimum atomic E-state index is -0.564. The first-order chi connectivity index (χ1) is 11.5. The predicted molar refractivity (Wildman–Crippen MR) is 88.0 cm³/mol. The highest BCUT2D eigenvalue weighted by atomic mass is 16.6. The van der Waals surface area contributed by atoms with Crippen LogP contribution in [0.3, 0.4) is 0 Å². The van der Waals surface area contributed by atoms with Crippen LogP contribution in [0.4, 0.5) is 0 Å². The van der Waals surface area contributed by atoms with Gasteiger partial charge in [-0.15, -0.1) is 0 Å². The van der Waals surface area contributed by atoms with Gasteiger partial charge in [-0.1, -0.05) is 17.7 Å². The third-order valence-corrected chi connectivity index (χ3v) is 3.81. The molecule has 0 N–H and O–H groups in total. The largest absolute Gasteiger partial charge is 0.486 e. The average Bonchev–Trinajstić information content (AvgIpc) is 2.61. The van der Waals surface area contributed by atoms with Crippen LogP contribution in [0.2, 0.25) is 0 Å². The van der Waals surface area contributed by atoms with E-state index in [0.717, 1.165) is 11.1 Å². The van der Waals surface area contributed by atoms with E-state index in [9.17, 15) is 9.59 Å². The Morgan fingerprint density at radius 2 is 1.75 bits per heavy atom. The van der Waals surface area contributed by atoms with E-state index in [1.165, 1.54) is 0 Å². The summed E-state index contributed by atoms with van der Waals surface area (Å²) in [5.41, 5.74) is 2.75. The van der Waals surface area contributed by atoms with Crippen LogP contribution in [-0.2, 0) is 4.74 Å². The van der Waals surface area contributed by atoms with Crippen LogP contribution in [0.5, 0.6) is 11.5 Å². The van der Waals surface area contributed by atoms with Crippen molar-refractivity contribution in [2.45, 2.75) is 13.8 Å². The van der Waals surface area contributed by atoms with Crippen LogP contribution in [0.1, 0.15) is 31.8 Å². The molecule has 5 nitrogen and oxygen atoms in total. The molecule has 1 aliphatic heterocycles. The molecule has 0 fully saturated rings. The molecule has 2 aromatic carbocycles. The predicted octanol–water partition coefficient (Wildman–Crippen LogP) is 3.11. The number of rotatable bonds is 4. The fraction of sp³-hybridized carbons (Fsp3) is 0.263. The standard InChI is InChI=1S/C19H18O5/c1-12-3-4-13(2)15(9-12)16(20)11-24-19(21)14-5-6-17-18(10-14)23-8-7-22-17/h3-6,9-10H,7-8,11H2,1-2H3. The third-order valence-electron chi connectivity index (χ3n) is 3.81. The van der Waals surface area contributed by atoms with Crippen molar-refractivity contribution in [3.8, 4) is 11.5 Å². The maximum Gasteiger partial charge on any atom is 0.338 e. The maximum absolute atomic E-state index is 12.3. The first kappa shape index (κ1) is 16.1. The van der Waals surface area contributed by atoms with Crippen molar-refractivity contribution in [2.24, 2.45) is 0 Å². The number of aryl methyl sites for hydroxylation is 2. The summed E-state index contributed by atoms with van der Waals surface area (Å²) in [4.78, 5) is 24.4. The lowest BCUT2D eigenvalue weighted by atomic mass is 10.0. The van der Waals surface area contributed by atoms with Gasteiger partial charge in [0.2, 0.25) is 5.78 Å². The second kappa shape index (κ2) is 6.74. The van der Waals surface area contributed by atoms with E-state index >= 15 is 0 Å². The first-order valence-corrected chi connectivity index (χ1v) is 7.72. The van der Waals surface area contributed by atoms with Crippen molar-refractivity contribution in [3.63, 3.8) is 0 Å². The molecular formula is C19H18O5. The monoisotopic (exact) mass is 326 g/mol. The maximum atomic E-state index is 12.3. The van der Waals surface area contributed by atoms with Gasteiger partial charge in [0.25, 0.3) is 0 Å². The number of Topliss-reactive ketones (excluding diaryl/α,β-unsaturated/α-hetero) is 1.